The maximum absolute atomic E-state index is 6.41. The van der Waals surface area contributed by atoms with Crippen LogP contribution in [-0.4, -0.2) is 52.1 Å². The van der Waals surface area contributed by atoms with Crippen LogP contribution in [0.5, 0.6) is 5.75 Å². The number of fused-ring (bicyclic) bond motifs is 2. The van der Waals surface area contributed by atoms with Gasteiger partial charge in [0.1, 0.15) is 17.2 Å². The Kier molecular flexibility index (Phi) is 4.29. The second-order valence-corrected chi connectivity index (χ2v) is 7.27. The van der Waals surface area contributed by atoms with Gasteiger partial charge in [0, 0.05) is 38.4 Å². The molecule has 128 valence electrons. The summed E-state index contributed by atoms with van der Waals surface area (Å²) < 4.78 is 6.41. The van der Waals surface area contributed by atoms with Crippen molar-refractivity contribution in [1.82, 2.24) is 19.8 Å². The Balaban J connectivity index is 1.34. The number of rotatable bonds is 6. The van der Waals surface area contributed by atoms with Gasteiger partial charge in [-0.2, -0.15) is 0 Å². The fourth-order valence-corrected chi connectivity index (χ4v) is 4.00. The van der Waals surface area contributed by atoms with Gasteiger partial charge in [0.2, 0.25) is 0 Å². The summed E-state index contributed by atoms with van der Waals surface area (Å²) in [7, 11) is 2.11. The summed E-state index contributed by atoms with van der Waals surface area (Å²) in [5.41, 5.74) is 1.36. The number of benzene rings is 1. The van der Waals surface area contributed by atoms with E-state index in [0.717, 1.165) is 31.2 Å². The summed E-state index contributed by atoms with van der Waals surface area (Å²) >= 11 is 0. The van der Waals surface area contributed by atoms with Crippen LogP contribution in [0.25, 0.3) is 0 Å². The fourth-order valence-electron chi connectivity index (χ4n) is 4.00. The molecule has 2 saturated heterocycles. The second-order valence-electron chi connectivity index (χ2n) is 7.27. The minimum atomic E-state index is 0.0653. The van der Waals surface area contributed by atoms with Crippen LogP contribution in [0.4, 0.5) is 0 Å². The Labute approximate surface area is 143 Å². The Hall–Kier alpha value is -1.85. The molecule has 0 amide bonds. The van der Waals surface area contributed by atoms with Gasteiger partial charge in [-0.15, -0.1) is 0 Å². The third kappa shape index (κ3) is 3.47. The summed E-state index contributed by atoms with van der Waals surface area (Å²) in [6.45, 7) is 5.26. The van der Waals surface area contributed by atoms with Gasteiger partial charge in [-0.05, 0) is 44.1 Å². The maximum atomic E-state index is 6.41. The molecule has 2 bridgehead atoms. The molecule has 2 fully saturated rings. The number of aromatic amines is 1. The highest BCUT2D eigenvalue weighted by Gasteiger charge is 2.42. The quantitative estimate of drug-likeness (QED) is 0.886. The van der Waals surface area contributed by atoms with Crippen LogP contribution >= 0.6 is 0 Å². The molecule has 2 aliphatic heterocycles. The van der Waals surface area contributed by atoms with E-state index >= 15 is 0 Å². The average Bonchev–Trinajstić information content (AvgIpc) is 3.17. The molecule has 0 saturated carbocycles. The summed E-state index contributed by atoms with van der Waals surface area (Å²) in [5, 5.41) is 0. The first-order chi connectivity index (χ1) is 11.7. The standard InChI is InChI=1S/C19H26N4O/c1-22(14-18-20-9-10-21-18)13-16-3-5-17(6-4-16)24-19-7-2-11-23(15-19)12-8-19/h3-6,9-10H,2,7-8,11-15H2,1H3,(H,20,21)/t19-/m1/s1. The van der Waals surface area contributed by atoms with Gasteiger partial charge >= 0.3 is 0 Å². The van der Waals surface area contributed by atoms with E-state index in [2.05, 4.69) is 51.1 Å². The molecule has 1 N–H and O–H groups in total. The molecule has 3 heterocycles. The first-order valence-corrected chi connectivity index (χ1v) is 8.88. The predicted octanol–water partition coefficient (Wildman–Crippen LogP) is 2.66. The Morgan fingerprint density at radius 2 is 2.08 bits per heavy atom. The second kappa shape index (κ2) is 6.57. The number of hydrogen-bond donors (Lipinski definition) is 1. The molecule has 0 aliphatic carbocycles. The number of piperidine rings is 1. The summed E-state index contributed by atoms with van der Waals surface area (Å²) in [6.07, 6.45) is 7.28. The molecular weight excluding hydrogens is 300 g/mol. The van der Waals surface area contributed by atoms with Crippen LogP contribution in [-0.2, 0) is 13.1 Å². The summed E-state index contributed by atoms with van der Waals surface area (Å²) in [4.78, 5) is 12.2. The van der Waals surface area contributed by atoms with Crippen molar-refractivity contribution >= 4 is 0 Å². The van der Waals surface area contributed by atoms with E-state index in [1.165, 1.54) is 37.9 Å². The molecule has 2 aliphatic rings. The van der Waals surface area contributed by atoms with E-state index in [4.69, 9.17) is 4.74 Å². The third-order valence-corrected chi connectivity index (χ3v) is 5.19. The van der Waals surface area contributed by atoms with Crippen molar-refractivity contribution in [2.24, 2.45) is 0 Å². The number of aromatic nitrogens is 2. The number of nitrogens with one attached hydrogen (secondary N) is 1. The Morgan fingerprint density at radius 1 is 1.21 bits per heavy atom. The number of imidazole rings is 1. The molecule has 24 heavy (non-hydrogen) atoms. The monoisotopic (exact) mass is 326 g/mol. The number of nitrogens with zero attached hydrogens (tertiary/aromatic N) is 3. The molecule has 1 aromatic heterocycles. The number of H-pyrrole nitrogens is 1. The first kappa shape index (κ1) is 15.7. The van der Waals surface area contributed by atoms with Gasteiger partial charge in [0.25, 0.3) is 0 Å². The van der Waals surface area contributed by atoms with Crippen molar-refractivity contribution < 1.29 is 4.74 Å². The lowest BCUT2D eigenvalue weighted by molar-refractivity contribution is 0.0453. The van der Waals surface area contributed by atoms with Crippen molar-refractivity contribution in [2.75, 3.05) is 26.7 Å². The van der Waals surface area contributed by atoms with E-state index in [1.54, 1.807) is 6.20 Å². The van der Waals surface area contributed by atoms with Crippen molar-refractivity contribution in [3.63, 3.8) is 0 Å². The molecule has 5 nitrogen and oxygen atoms in total. The zero-order valence-electron chi connectivity index (χ0n) is 14.4. The van der Waals surface area contributed by atoms with Crippen LogP contribution in [0.1, 0.15) is 30.7 Å². The van der Waals surface area contributed by atoms with E-state index in [0.29, 0.717) is 0 Å². The average molecular weight is 326 g/mol. The minimum Gasteiger partial charge on any atom is -0.486 e. The molecule has 2 atom stereocenters. The van der Waals surface area contributed by atoms with E-state index in [1.807, 2.05) is 6.20 Å². The summed E-state index contributed by atoms with van der Waals surface area (Å²) in [6, 6.07) is 8.62. The zero-order valence-corrected chi connectivity index (χ0v) is 14.4. The highest BCUT2D eigenvalue weighted by molar-refractivity contribution is 5.28. The maximum Gasteiger partial charge on any atom is 0.123 e. The van der Waals surface area contributed by atoms with Crippen LogP contribution in [0, 0.1) is 0 Å². The molecule has 0 radical (unpaired) electrons. The molecule has 1 unspecified atom stereocenters. The molecule has 4 rings (SSSR count). The van der Waals surface area contributed by atoms with Gasteiger partial charge in [0.05, 0.1) is 6.54 Å². The van der Waals surface area contributed by atoms with Gasteiger partial charge in [-0.1, -0.05) is 12.1 Å². The molecule has 0 spiro atoms. The van der Waals surface area contributed by atoms with Crippen LogP contribution in [0.3, 0.4) is 0 Å². The van der Waals surface area contributed by atoms with Gasteiger partial charge in [-0.3, -0.25) is 9.80 Å². The van der Waals surface area contributed by atoms with Gasteiger partial charge < -0.3 is 9.72 Å². The fraction of sp³-hybridized carbons (Fsp3) is 0.526. The first-order valence-electron chi connectivity index (χ1n) is 8.88. The Morgan fingerprint density at radius 3 is 2.88 bits per heavy atom. The SMILES string of the molecule is CN(Cc1ccc(O[C@]23CCCN(CC2)C3)cc1)Cc1ncc[nH]1. The van der Waals surface area contributed by atoms with Crippen molar-refractivity contribution in [3.8, 4) is 5.75 Å². The number of ether oxygens (including phenoxy) is 1. The molecule has 1 aromatic carbocycles. The van der Waals surface area contributed by atoms with E-state index < -0.39 is 0 Å². The third-order valence-electron chi connectivity index (χ3n) is 5.19. The number of hydrogen-bond acceptors (Lipinski definition) is 4. The van der Waals surface area contributed by atoms with Crippen LogP contribution in [0.2, 0.25) is 0 Å². The van der Waals surface area contributed by atoms with Gasteiger partial charge in [-0.25, -0.2) is 4.98 Å². The topological polar surface area (TPSA) is 44.4 Å². The van der Waals surface area contributed by atoms with E-state index in [9.17, 15) is 0 Å². The van der Waals surface area contributed by atoms with Gasteiger partial charge in [0.15, 0.2) is 0 Å². The highest BCUT2D eigenvalue weighted by Crippen LogP contribution is 2.35. The van der Waals surface area contributed by atoms with Crippen LogP contribution in [0.15, 0.2) is 36.7 Å². The van der Waals surface area contributed by atoms with E-state index in [-0.39, 0.29) is 5.60 Å². The van der Waals surface area contributed by atoms with Crippen molar-refractivity contribution in [3.05, 3.63) is 48.0 Å². The predicted molar refractivity (Wildman–Crippen MR) is 93.9 cm³/mol. The lowest BCUT2D eigenvalue weighted by Crippen LogP contribution is -2.43. The normalized spacial score (nSPS) is 26.0. The highest BCUT2D eigenvalue weighted by atomic mass is 16.5. The van der Waals surface area contributed by atoms with Crippen molar-refractivity contribution in [1.29, 1.82) is 0 Å². The lowest BCUT2D eigenvalue weighted by Gasteiger charge is -2.34. The zero-order chi connectivity index (χ0) is 16.4. The van der Waals surface area contributed by atoms with Crippen molar-refractivity contribution in [2.45, 2.75) is 38.0 Å². The molecule has 2 aromatic rings. The largest absolute Gasteiger partial charge is 0.486 e. The lowest BCUT2D eigenvalue weighted by atomic mass is 9.94. The molecule has 5 heteroatoms. The Bertz CT molecular complexity index is 651. The minimum absolute atomic E-state index is 0.0653. The summed E-state index contributed by atoms with van der Waals surface area (Å²) in [5.74, 6) is 2.01. The molecular formula is C19H26N4O. The smallest absolute Gasteiger partial charge is 0.123 e. The van der Waals surface area contributed by atoms with Crippen LogP contribution < -0.4 is 4.74 Å².